The summed E-state index contributed by atoms with van der Waals surface area (Å²) in [6, 6.07) is 0. The van der Waals surface area contributed by atoms with E-state index in [0.717, 1.165) is 12.2 Å². The minimum Gasteiger partial charge on any atom is -0.393 e. The number of rotatable bonds is 4. The monoisotopic (exact) mass is 188 g/mol. The summed E-state index contributed by atoms with van der Waals surface area (Å²) in [5.41, 5.74) is 0. The Bertz CT molecular complexity index is 110. The molecule has 1 nitrogen and oxygen atoms in total. The Labute approximate surface area is 79.9 Å². The van der Waals surface area contributed by atoms with Crippen molar-refractivity contribution in [1.82, 2.24) is 0 Å². The van der Waals surface area contributed by atoms with E-state index >= 15 is 0 Å². The summed E-state index contributed by atoms with van der Waals surface area (Å²) in [6.45, 7) is 0. The molecular formula is C10H20OS. The lowest BCUT2D eigenvalue weighted by Gasteiger charge is -2.26. The molecule has 1 aliphatic carbocycles. The molecule has 1 rings (SSSR count). The van der Waals surface area contributed by atoms with E-state index in [-0.39, 0.29) is 6.10 Å². The van der Waals surface area contributed by atoms with E-state index in [1.165, 1.54) is 32.1 Å². The van der Waals surface area contributed by atoms with Crippen LogP contribution in [-0.4, -0.2) is 23.2 Å². The maximum absolute atomic E-state index is 9.79. The van der Waals surface area contributed by atoms with Crippen LogP contribution in [0, 0.1) is 5.92 Å². The molecular weight excluding hydrogens is 168 g/mol. The number of thioether (sulfide) groups is 1. The normalized spacial score (nSPS) is 22.5. The van der Waals surface area contributed by atoms with E-state index in [0.29, 0.717) is 5.92 Å². The van der Waals surface area contributed by atoms with E-state index in [9.17, 15) is 5.11 Å². The third kappa shape index (κ3) is 3.36. The third-order valence-corrected chi connectivity index (χ3v) is 3.46. The zero-order valence-electron chi connectivity index (χ0n) is 7.96. The highest BCUT2D eigenvalue weighted by Gasteiger charge is 2.20. The zero-order valence-corrected chi connectivity index (χ0v) is 8.78. The van der Waals surface area contributed by atoms with Gasteiger partial charge in [0.15, 0.2) is 0 Å². The molecule has 0 aromatic carbocycles. The molecule has 72 valence electrons. The van der Waals surface area contributed by atoms with Gasteiger partial charge in [0.05, 0.1) is 6.10 Å². The van der Waals surface area contributed by atoms with Crippen molar-refractivity contribution in [3.8, 4) is 0 Å². The lowest BCUT2D eigenvalue weighted by atomic mass is 9.84. The molecule has 0 saturated heterocycles. The highest BCUT2D eigenvalue weighted by molar-refractivity contribution is 7.98. The molecule has 1 fully saturated rings. The standard InChI is InChI=1S/C10H20OS/c1-12-8-7-10(11)9-5-3-2-4-6-9/h9-11H,2-8H2,1H3. The molecule has 0 aromatic heterocycles. The Morgan fingerprint density at radius 2 is 2.00 bits per heavy atom. The predicted molar refractivity (Wildman–Crippen MR) is 55.6 cm³/mol. The van der Waals surface area contributed by atoms with Gasteiger partial charge in [-0.2, -0.15) is 11.8 Å². The summed E-state index contributed by atoms with van der Waals surface area (Å²) in [6.07, 6.45) is 9.65. The van der Waals surface area contributed by atoms with Crippen molar-refractivity contribution in [2.75, 3.05) is 12.0 Å². The molecule has 0 radical (unpaired) electrons. The van der Waals surface area contributed by atoms with Crippen LogP contribution in [0.15, 0.2) is 0 Å². The van der Waals surface area contributed by atoms with Crippen molar-refractivity contribution in [2.45, 2.75) is 44.6 Å². The first-order valence-corrected chi connectivity index (χ1v) is 6.41. The van der Waals surface area contributed by atoms with Gasteiger partial charge in [0.1, 0.15) is 0 Å². The Balaban J connectivity index is 2.15. The highest BCUT2D eigenvalue weighted by atomic mass is 32.2. The first-order chi connectivity index (χ1) is 5.84. The predicted octanol–water partition coefficient (Wildman–Crippen LogP) is 2.68. The van der Waals surface area contributed by atoms with Gasteiger partial charge in [-0.05, 0) is 37.2 Å². The van der Waals surface area contributed by atoms with Crippen molar-refractivity contribution in [3.05, 3.63) is 0 Å². The Hall–Kier alpha value is 0.310. The molecule has 0 amide bonds. The van der Waals surface area contributed by atoms with Crippen LogP contribution in [-0.2, 0) is 0 Å². The van der Waals surface area contributed by atoms with E-state index in [1.54, 1.807) is 0 Å². The second-order valence-corrected chi connectivity index (χ2v) is 4.73. The molecule has 0 bridgehead atoms. The fourth-order valence-corrected chi connectivity index (χ4v) is 2.47. The summed E-state index contributed by atoms with van der Waals surface area (Å²) in [4.78, 5) is 0. The second kappa shape index (κ2) is 5.87. The molecule has 1 unspecified atom stereocenters. The van der Waals surface area contributed by atoms with Crippen molar-refractivity contribution >= 4 is 11.8 Å². The number of hydrogen-bond donors (Lipinski definition) is 1. The first-order valence-electron chi connectivity index (χ1n) is 5.01. The number of hydrogen-bond acceptors (Lipinski definition) is 2. The summed E-state index contributed by atoms with van der Waals surface area (Å²) in [7, 11) is 0. The summed E-state index contributed by atoms with van der Waals surface area (Å²) in [5, 5.41) is 9.79. The Kier molecular flexibility index (Phi) is 5.08. The van der Waals surface area contributed by atoms with Gasteiger partial charge >= 0.3 is 0 Å². The quantitative estimate of drug-likeness (QED) is 0.732. The Morgan fingerprint density at radius 1 is 1.33 bits per heavy atom. The molecule has 1 saturated carbocycles. The maximum Gasteiger partial charge on any atom is 0.0576 e. The molecule has 0 aliphatic heterocycles. The average molecular weight is 188 g/mol. The maximum atomic E-state index is 9.79. The third-order valence-electron chi connectivity index (χ3n) is 2.81. The van der Waals surface area contributed by atoms with E-state index in [4.69, 9.17) is 0 Å². The van der Waals surface area contributed by atoms with E-state index in [2.05, 4.69) is 6.26 Å². The van der Waals surface area contributed by atoms with Crippen molar-refractivity contribution in [3.63, 3.8) is 0 Å². The van der Waals surface area contributed by atoms with Crippen LogP contribution in [0.1, 0.15) is 38.5 Å². The minimum atomic E-state index is -0.0160. The topological polar surface area (TPSA) is 20.2 Å². The van der Waals surface area contributed by atoms with Crippen LogP contribution in [0.25, 0.3) is 0 Å². The van der Waals surface area contributed by atoms with Crippen LogP contribution in [0.4, 0.5) is 0 Å². The zero-order chi connectivity index (χ0) is 8.81. The van der Waals surface area contributed by atoms with Gasteiger partial charge in [0, 0.05) is 0 Å². The summed E-state index contributed by atoms with van der Waals surface area (Å²) in [5.74, 6) is 1.73. The van der Waals surface area contributed by atoms with Crippen molar-refractivity contribution < 1.29 is 5.11 Å². The minimum absolute atomic E-state index is 0.0160. The van der Waals surface area contributed by atoms with Gasteiger partial charge in [-0.3, -0.25) is 0 Å². The fraction of sp³-hybridized carbons (Fsp3) is 1.00. The molecule has 0 spiro atoms. The van der Waals surface area contributed by atoms with Crippen LogP contribution >= 0.6 is 11.8 Å². The van der Waals surface area contributed by atoms with Crippen LogP contribution in [0.2, 0.25) is 0 Å². The summed E-state index contributed by atoms with van der Waals surface area (Å²) < 4.78 is 0. The number of aliphatic hydroxyl groups is 1. The van der Waals surface area contributed by atoms with Crippen LogP contribution in [0.3, 0.4) is 0 Å². The van der Waals surface area contributed by atoms with Gasteiger partial charge < -0.3 is 5.11 Å². The lowest BCUT2D eigenvalue weighted by Crippen LogP contribution is -2.23. The summed E-state index contributed by atoms with van der Waals surface area (Å²) >= 11 is 1.83. The SMILES string of the molecule is CSCCC(O)C1CCCCC1. The van der Waals surface area contributed by atoms with E-state index < -0.39 is 0 Å². The van der Waals surface area contributed by atoms with Crippen LogP contribution < -0.4 is 0 Å². The Morgan fingerprint density at radius 3 is 2.58 bits per heavy atom. The van der Waals surface area contributed by atoms with Gasteiger partial charge in [0.25, 0.3) is 0 Å². The van der Waals surface area contributed by atoms with Crippen LogP contribution in [0.5, 0.6) is 0 Å². The van der Waals surface area contributed by atoms with Crippen molar-refractivity contribution in [1.29, 1.82) is 0 Å². The lowest BCUT2D eigenvalue weighted by molar-refractivity contribution is 0.0826. The largest absolute Gasteiger partial charge is 0.393 e. The fourth-order valence-electron chi connectivity index (χ4n) is 1.99. The number of aliphatic hydroxyl groups excluding tert-OH is 1. The highest BCUT2D eigenvalue weighted by Crippen LogP contribution is 2.27. The van der Waals surface area contributed by atoms with Gasteiger partial charge in [-0.1, -0.05) is 19.3 Å². The molecule has 2 heteroatoms. The molecule has 12 heavy (non-hydrogen) atoms. The van der Waals surface area contributed by atoms with E-state index in [1.807, 2.05) is 11.8 Å². The van der Waals surface area contributed by atoms with Crippen molar-refractivity contribution in [2.24, 2.45) is 5.92 Å². The second-order valence-electron chi connectivity index (χ2n) is 3.75. The van der Waals surface area contributed by atoms with Gasteiger partial charge in [0.2, 0.25) is 0 Å². The molecule has 0 heterocycles. The smallest absolute Gasteiger partial charge is 0.0576 e. The van der Waals surface area contributed by atoms with Gasteiger partial charge in [-0.15, -0.1) is 0 Å². The molecule has 1 aliphatic rings. The average Bonchev–Trinajstić information content (AvgIpc) is 2.15. The molecule has 1 atom stereocenters. The molecule has 1 N–H and O–H groups in total. The first kappa shape index (κ1) is 10.4. The van der Waals surface area contributed by atoms with Gasteiger partial charge in [-0.25, -0.2) is 0 Å². The molecule has 0 aromatic rings.